The fourth-order valence-corrected chi connectivity index (χ4v) is 3.95. The summed E-state index contributed by atoms with van der Waals surface area (Å²) in [4.78, 5) is 12.4. The van der Waals surface area contributed by atoms with Crippen molar-refractivity contribution in [2.24, 2.45) is 5.10 Å². The van der Waals surface area contributed by atoms with Crippen LogP contribution in [0.1, 0.15) is 21.5 Å². The Bertz CT molecular complexity index is 1260. The topological polar surface area (TPSA) is 108 Å². The molecule has 0 unspecified atom stereocenters. The fraction of sp³-hybridized carbons (Fsp3) is 0.130. The normalized spacial score (nSPS) is 11.4. The number of benzene rings is 3. The molecule has 0 heterocycles. The van der Waals surface area contributed by atoms with Crippen molar-refractivity contribution in [1.82, 2.24) is 5.43 Å². The largest absolute Gasteiger partial charge is 0.504 e. The summed E-state index contributed by atoms with van der Waals surface area (Å²) in [7, 11) is -2.13. The van der Waals surface area contributed by atoms with Gasteiger partial charge in [0.1, 0.15) is 0 Å². The van der Waals surface area contributed by atoms with Crippen LogP contribution >= 0.6 is 11.6 Å². The summed E-state index contributed by atoms with van der Waals surface area (Å²) in [6, 6.07) is 17.7. The SMILES string of the molecule is COc1cc(/C=N\NC(=O)c2ccc(N(Cc3ccc(Cl)cc3)S(C)(=O)=O)cc2)ccc1O. The molecule has 0 aromatic heterocycles. The van der Waals surface area contributed by atoms with Crippen molar-refractivity contribution in [2.45, 2.75) is 6.54 Å². The summed E-state index contributed by atoms with van der Waals surface area (Å²) in [5.41, 5.74) is 4.52. The van der Waals surface area contributed by atoms with Crippen LogP contribution in [0.4, 0.5) is 5.69 Å². The van der Waals surface area contributed by atoms with Crippen molar-refractivity contribution in [3.63, 3.8) is 0 Å². The lowest BCUT2D eigenvalue weighted by molar-refractivity contribution is 0.0955. The van der Waals surface area contributed by atoms with Gasteiger partial charge in [0.05, 0.1) is 31.8 Å². The van der Waals surface area contributed by atoms with Gasteiger partial charge >= 0.3 is 0 Å². The number of hydrogen-bond acceptors (Lipinski definition) is 6. The average molecular weight is 488 g/mol. The number of hydrogen-bond donors (Lipinski definition) is 2. The Labute approximate surface area is 197 Å². The van der Waals surface area contributed by atoms with E-state index >= 15 is 0 Å². The van der Waals surface area contributed by atoms with Gasteiger partial charge in [-0.05, 0) is 65.7 Å². The van der Waals surface area contributed by atoms with Gasteiger partial charge in [-0.3, -0.25) is 9.10 Å². The number of ether oxygens (including phenoxy) is 1. The molecule has 0 atom stereocenters. The average Bonchev–Trinajstić information content (AvgIpc) is 2.79. The number of methoxy groups -OCH3 is 1. The minimum Gasteiger partial charge on any atom is -0.504 e. The number of sulfonamides is 1. The highest BCUT2D eigenvalue weighted by molar-refractivity contribution is 7.92. The first-order valence-corrected chi connectivity index (χ1v) is 11.9. The maximum atomic E-state index is 12.4. The molecule has 0 spiro atoms. The standard InChI is InChI=1S/C23H22ClN3O5S/c1-32-22-13-17(5-12-21(22)28)14-25-26-23(29)18-6-10-20(11-7-18)27(33(2,30)31)15-16-3-8-19(24)9-4-16/h3-14,28H,15H2,1-2H3,(H,26,29)/b25-14-. The lowest BCUT2D eigenvalue weighted by Crippen LogP contribution is -2.29. The Kier molecular flexibility index (Phi) is 7.57. The molecule has 0 saturated carbocycles. The van der Waals surface area contributed by atoms with Crippen LogP contribution in [0.3, 0.4) is 0 Å². The number of carbonyl (C=O) groups is 1. The smallest absolute Gasteiger partial charge is 0.271 e. The molecule has 33 heavy (non-hydrogen) atoms. The molecule has 0 fully saturated rings. The van der Waals surface area contributed by atoms with Crippen LogP contribution in [0.5, 0.6) is 11.5 Å². The predicted molar refractivity (Wildman–Crippen MR) is 129 cm³/mol. The Balaban J connectivity index is 1.70. The molecule has 0 radical (unpaired) electrons. The fourth-order valence-electron chi connectivity index (χ4n) is 2.94. The van der Waals surface area contributed by atoms with Crippen LogP contribution in [-0.4, -0.2) is 39.0 Å². The summed E-state index contributed by atoms with van der Waals surface area (Å²) in [5.74, 6) is -0.181. The number of halogens is 1. The third kappa shape index (κ3) is 6.47. The van der Waals surface area contributed by atoms with E-state index in [9.17, 15) is 18.3 Å². The van der Waals surface area contributed by atoms with E-state index in [1.807, 2.05) is 0 Å². The van der Waals surface area contributed by atoms with Crippen molar-refractivity contribution in [3.05, 3.63) is 88.4 Å². The van der Waals surface area contributed by atoms with Gasteiger partial charge in [0.2, 0.25) is 10.0 Å². The monoisotopic (exact) mass is 487 g/mol. The highest BCUT2D eigenvalue weighted by Gasteiger charge is 2.18. The van der Waals surface area contributed by atoms with Crippen molar-refractivity contribution in [1.29, 1.82) is 0 Å². The highest BCUT2D eigenvalue weighted by atomic mass is 35.5. The number of nitrogens with zero attached hydrogens (tertiary/aromatic N) is 2. The number of anilines is 1. The lowest BCUT2D eigenvalue weighted by Gasteiger charge is -2.22. The molecule has 0 aliphatic heterocycles. The molecule has 10 heteroatoms. The van der Waals surface area contributed by atoms with Crippen molar-refractivity contribution in [2.75, 3.05) is 17.7 Å². The third-order valence-corrected chi connectivity index (χ3v) is 6.03. The van der Waals surface area contributed by atoms with Crippen LogP contribution in [0.25, 0.3) is 0 Å². The molecule has 172 valence electrons. The maximum absolute atomic E-state index is 12.4. The number of phenolic OH excluding ortho intramolecular Hbond substituents is 1. The van der Waals surface area contributed by atoms with E-state index in [0.29, 0.717) is 21.8 Å². The van der Waals surface area contributed by atoms with Gasteiger partial charge in [0.25, 0.3) is 5.91 Å². The van der Waals surface area contributed by atoms with Crippen molar-refractivity contribution in [3.8, 4) is 11.5 Å². The minimum atomic E-state index is -3.56. The molecule has 0 aliphatic carbocycles. The Morgan fingerprint density at radius 2 is 1.79 bits per heavy atom. The second-order valence-electron chi connectivity index (χ2n) is 7.07. The van der Waals surface area contributed by atoms with Crippen LogP contribution in [-0.2, 0) is 16.6 Å². The quantitative estimate of drug-likeness (QED) is 0.371. The van der Waals surface area contributed by atoms with E-state index in [2.05, 4.69) is 10.5 Å². The number of phenols is 1. The Morgan fingerprint density at radius 3 is 2.39 bits per heavy atom. The molecule has 0 aliphatic rings. The van der Waals surface area contributed by atoms with Crippen LogP contribution in [0.15, 0.2) is 71.8 Å². The minimum absolute atomic E-state index is 0.00187. The van der Waals surface area contributed by atoms with E-state index in [4.69, 9.17) is 16.3 Å². The van der Waals surface area contributed by atoms with Gasteiger partial charge in [-0.2, -0.15) is 5.10 Å². The number of amides is 1. The zero-order chi connectivity index (χ0) is 24.0. The maximum Gasteiger partial charge on any atom is 0.271 e. The lowest BCUT2D eigenvalue weighted by atomic mass is 10.2. The van der Waals surface area contributed by atoms with Crippen LogP contribution < -0.4 is 14.5 Å². The summed E-state index contributed by atoms with van der Waals surface area (Å²) < 4.78 is 31.0. The molecule has 8 nitrogen and oxygen atoms in total. The van der Waals surface area contributed by atoms with Crippen molar-refractivity contribution < 1.29 is 23.1 Å². The van der Waals surface area contributed by atoms with E-state index < -0.39 is 15.9 Å². The van der Waals surface area contributed by atoms with Gasteiger partial charge in [0, 0.05) is 10.6 Å². The number of rotatable bonds is 8. The summed E-state index contributed by atoms with van der Waals surface area (Å²) in [5, 5.41) is 14.1. The van der Waals surface area contributed by atoms with Gasteiger partial charge in [0.15, 0.2) is 11.5 Å². The van der Waals surface area contributed by atoms with E-state index in [-0.39, 0.29) is 18.0 Å². The van der Waals surface area contributed by atoms with Gasteiger partial charge in [-0.15, -0.1) is 0 Å². The number of aromatic hydroxyl groups is 1. The first kappa shape index (κ1) is 24.1. The van der Waals surface area contributed by atoms with E-state index in [0.717, 1.165) is 11.8 Å². The second kappa shape index (κ2) is 10.4. The molecular weight excluding hydrogens is 466 g/mol. The van der Waals surface area contributed by atoms with E-state index in [1.165, 1.54) is 35.8 Å². The zero-order valence-electron chi connectivity index (χ0n) is 17.9. The Morgan fingerprint density at radius 1 is 1.12 bits per heavy atom. The molecule has 3 rings (SSSR count). The first-order chi connectivity index (χ1) is 15.7. The molecule has 0 bridgehead atoms. The highest BCUT2D eigenvalue weighted by Crippen LogP contribution is 2.25. The summed E-state index contributed by atoms with van der Waals surface area (Å²) in [6.45, 7) is 0.127. The Hall–Kier alpha value is -3.56. The number of hydrazone groups is 1. The van der Waals surface area contributed by atoms with E-state index in [1.54, 1.807) is 48.5 Å². The first-order valence-electron chi connectivity index (χ1n) is 9.70. The second-order valence-corrected chi connectivity index (χ2v) is 9.42. The molecule has 0 saturated heterocycles. The molecule has 3 aromatic rings. The summed E-state index contributed by atoms with van der Waals surface area (Å²) in [6.07, 6.45) is 2.53. The molecule has 3 aromatic carbocycles. The predicted octanol–water partition coefficient (Wildman–Crippen LogP) is 3.78. The zero-order valence-corrected chi connectivity index (χ0v) is 19.5. The molecule has 2 N–H and O–H groups in total. The van der Waals surface area contributed by atoms with Crippen molar-refractivity contribution >= 4 is 39.4 Å². The van der Waals surface area contributed by atoms with Gasteiger partial charge < -0.3 is 9.84 Å². The third-order valence-electron chi connectivity index (χ3n) is 4.64. The van der Waals surface area contributed by atoms with Gasteiger partial charge in [-0.1, -0.05) is 23.7 Å². The van der Waals surface area contributed by atoms with Crippen LogP contribution in [0, 0.1) is 0 Å². The van der Waals surface area contributed by atoms with Gasteiger partial charge in [-0.25, -0.2) is 13.8 Å². The summed E-state index contributed by atoms with van der Waals surface area (Å²) >= 11 is 5.90. The van der Waals surface area contributed by atoms with Crippen LogP contribution in [0.2, 0.25) is 5.02 Å². The number of carbonyl (C=O) groups excluding carboxylic acids is 1. The molecule has 1 amide bonds. The molecular formula is C23H22ClN3O5S. The number of nitrogens with one attached hydrogen (secondary N) is 1.